The zero-order valence-electron chi connectivity index (χ0n) is 26.6. The normalized spacial score (nSPS) is 16.0. The Labute approximate surface area is 285 Å². The van der Waals surface area contributed by atoms with E-state index in [1.54, 1.807) is 0 Å². The summed E-state index contributed by atoms with van der Waals surface area (Å²) >= 11 is 0. The van der Waals surface area contributed by atoms with Crippen LogP contribution in [0.2, 0.25) is 0 Å². The number of para-hydroxylation sites is 1. The minimum Gasteiger partial charge on any atom is -0.484 e. The summed E-state index contributed by atoms with van der Waals surface area (Å²) in [5.74, 6) is 2.94. The van der Waals surface area contributed by atoms with E-state index < -0.39 is 0 Å². The zero-order valence-corrected chi connectivity index (χ0v) is 26.6. The van der Waals surface area contributed by atoms with Crippen LogP contribution in [-0.4, -0.2) is 21.1 Å². The minimum absolute atomic E-state index is 0.108. The summed E-state index contributed by atoms with van der Waals surface area (Å²) in [6.07, 6.45) is 6.37. The fourth-order valence-corrected chi connectivity index (χ4v) is 6.79. The molecule has 49 heavy (non-hydrogen) atoms. The first-order valence-corrected chi connectivity index (χ1v) is 16.6. The Morgan fingerprint density at radius 1 is 0.429 bits per heavy atom. The van der Waals surface area contributed by atoms with Gasteiger partial charge in [0.2, 0.25) is 0 Å². The second-order valence-corrected chi connectivity index (χ2v) is 12.4. The highest BCUT2D eigenvalue weighted by molar-refractivity contribution is 5.81. The van der Waals surface area contributed by atoms with Gasteiger partial charge in [0.25, 0.3) is 0 Å². The maximum atomic E-state index is 6.78. The van der Waals surface area contributed by atoms with Gasteiger partial charge in [0, 0.05) is 33.7 Å². The van der Waals surface area contributed by atoms with Gasteiger partial charge in [-0.05, 0) is 40.0 Å². The maximum Gasteiger partial charge on any atom is 0.164 e. The average molecular weight is 630 g/mol. The number of hydrogen-bond donors (Lipinski definition) is 0. The lowest BCUT2D eigenvalue weighted by Crippen LogP contribution is -2.18. The Hall–Kier alpha value is -6.39. The Morgan fingerprint density at radius 3 is 1.63 bits per heavy atom. The van der Waals surface area contributed by atoms with Crippen LogP contribution in [0.1, 0.15) is 17.3 Å². The molecule has 0 amide bonds. The number of fused-ring (bicyclic) bond motifs is 3. The highest BCUT2D eigenvalue weighted by Crippen LogP contribution is 2.48. The van der Waals surface area contributed by atoms with Crippen LogP contribution in [0.15, 0.2) is 176 Å². The molecule has 0 fully saturated rings. The first-order valence-electron chi connectivity index (χ1n) is 16.6. The van der Waals surface area contributed by atoms with E-state index in [0.29, 0.717) is 17.5 Å². The van der Waals surface area contributed by atoms with Crippen LogP contribution < -0.4 is 4.74 Å². The molecule has 4 heteroatoms. The third-order valence-corrected chi connectivity index (χ3v) is 9.30. The average Bonchev–Trinajstić information content (AvgIpc) is 3.57. The van der Waals surface area contributed by atoms with Crippen molar-refractivity contribution in [2.24, 2.45) is 0 Å². The van der Waals surface area contributed by atoms with Gasteiger partial charge in [0.05, 0.1) is 0 Å². The van der Waals surface area contributed by atoms with E-state index in [2.05, 4.69) is 133 Å². The fraction of sp³-hybridized carbons (Fsp3) is 0.0444. The van der Waals surface area contributed by atoms with E-state index in [9.17, 15) is 0 Å². The summed E-state index contributed by atoms with van der Waals surface area (Å²) in [7, 11) is 0. The second kappa shape index (κ2) is 12.3. The van der Waals surface area contributed by atoms with E-state index >= 15 is 0 Å². The van der Waals surface area contributed by atoms with Crippen molar-refractivity contribution in [1.29, 1.82) is 0 Å². The summed E-state index contributed by atoms with van der Waals surface area (Å²) in [5, 5.41) is 0. The Balaban J connectivity index is 1.07. The predicted molar refractivity (Wildman–Crippen MR) is 198 cm³/mol. The van der Waals surface area contributed by atoms with Gasteiger partial charge in [-0.25, -0.2) is 15.0 Å². The number of allylic oxidation sites excluding steroid dienone is 2. The maximum absolute atomic E-state index is 6.78. The lowest BCUT2D eigenvalue weighted by molar-refractivity contribution is 0.270. The van der Waals surface area contributed by atoms with Crippen molar-refractivity contribution in [3.63, 3.8) is 0 Å². The zero-order chi connectivity index (χ0) is 32.6. The highest BCUT2D eigenvalue weighted by atomic mass is 16.5. The molecule has 0 radical (unpaired) electrons. The van der Waals surface area contributed by atoms with E-state index in [1.807, 2.05) is 42.5 Å². The minimum atomic E-state index is -0.168. The van der Waals surface area contributed by atoms with Crippen LogP contribution in [-0.2, 0) is 0 Å². The van der Waals surface area contributed by atoms with E-state index in [4.69, 9.17) is 19.7 Å². The van der Waals surface area contributed by atoms with Crippen molar-refractivity contribution >= 4 is 5.57 Å². The molecule has 0 saturated heterocycles. The van der Waals surface area contributed by atoms with Gasteiger partial charge in [-0.2, -0.15) is 0 Å². The summed E-state index contributed by atoms with van der Waals surface area (Å²) in [6.45, 7) is 0. The van der Waals surface area contributed by atoms with Gasteiger partial charge >= 0.3 is 0 Å². The lowest BCUT2D eigenvalue weighted by atomic mass is 9.88. The molecule has 1 aliphatic carbocycles. The topological polar surface area (TPSA) is 47.9 Å². The number of aromatic nitrogens is 3. The number of hydrogen-bond acceptors (Lipinski definition) is 4. The van der Waals surface area contributed by atoms with Gasteiger partial charge in [-0.3, -0.25) is 0 Å². The van der Waals surface area contributed by atoms with Crippen LogP contribution in [0, 0.1) is 0 Å². The van der Waals surface area contributed by atoms with Crippen LogP contribution in [0.4, 0.5) is 0 Å². The van der Waals surface area contributed by atoms with Gasteiger partial charge < -0.3 is 4.74 Å². The largest absolute Gasteiger partial charge is 0.484 e. The van der Waals surface area contributed by atoms with Gasteiger partial charge in [-0.15, -0.1) is 0 Å². The standard InChI is InChI=1S/C45H31N3O/c1-4-12-30(13-5-1)32-22-24-34(25-23-32)44-46-43(33-16-8-3-9-17-33)47-45(48-44)37-26-27-39-40-21-11-20-38(42(40)49-41(39)29-37)36-19-10-18-35(28-36)31-14-6-2-7-15-31/h1-29,39,41H. The molecule has 0 spiro atoms. The second-order valence-electron chi connectivity index (χ2n) is 12.4. The number of rotatable bonds is 6. The summed E-state index contributed by atoms with van der Waals surface area (Å²) in [4.78, 5) is 15.0. The fourth-order valence-electron chi connectivity index (χ4n) is 6.79. The van der Waals surface area contributed by atoms with Crippen molar-refractivity contribution in [3.8, 4) is 61.9 Å². The molecule has 1 aromatic heterocycles. The quantitative estimate of drug-likeness (QED) is 0.184. The molecule has 2 unspecified atom stereocenters. The Morgan fingerprint density at radius 2 is 0.939 bits per heavy atom. The summed E-state index contributed by atoms with van der Waals surface area (Å²) in [5.41, 5.74) is 10.9. The molecule has 7 aromatic rings. The SMILES string of the molecule is C1=CC2c3cccc(-c4cccc(-c5ccccc5)c4)c3OC2C=C1c1nc(-c2ccccc2)nc(-c2ccc(-c3ccccc3)cc2)n1. The molecule has 2 atom stereocenters. The molecule has 232 valence electrons. The highest BCUT2D eigenvalue weighted by Gasteiger charge is 2.35. The van der Waals surface area contributed by atoms with E-state index in [1.165, 1.54) is 22.3 Å². The summed E-state index contributed by atoms with van der Waals surface area (Å²) < 4.78 is 6.78. The van der Waals surface area contributed by atoms with E-state index in [0.717, 1.165) is 39.1 Å². The Bertz CT molecular complexity index is 2350. The van der Waals surface area contributed by atoms with Gasteiger partial charge in [0.15, 0.2) is 17.5 Å². The third-order valence-electron chi connectivity index (χ3n) is 9.30. The molecule has 6 aromatic carbocycles. The molecule has 4 nitrogen and oxygen atoms in total. The van der Waals surface area contributed by atoms with Crippen molar-refractivity contribution < 1.29 is 4.74 Å². The lowest BCUT2D eigenvalue weighted by Gasteiger charge is -2.18. The molecule has 0 bridgehead atoms. The molecule has 1 aliphatic heterocycles. The van der Waals surface area contributed by atoms with Crippen molar-refractivity contribution in [2.45, 2.75) is 12.0 Å². The van der Waals surface area contributed by atoms with Crippen LogP contribution in [0.5, 0.6) is 5.75 Å². The molecule has 2 aliphatic rings. The van der Waals surface area contributed by atoms with Crippen molar-refractivity contribution in [2.75, 3.05) is 0 Å². The van der Waals surface area contributed by atoms with Crippen LogP contribution in [0.3, 0.4) is 0 Å². The monoisotopic (exact) mass is 629 g/mol. The molecule has 0 saturated carbocycles. The Kier molecular flexibility index (Phi) is 7.25. The van der Waals surface area contributed by atoms with Crippen LogP contribution >= 0.6 is 0 Å². The van der Waals surface area contributed by atoms with E-state index in [-0.39, 0.29) is 12.0 Å². The third kappa shape index (κ3) is 5.53. The first kappa shape index (κ1) is 28.8. The van der Waals surface area contributed by atoms with Crippen molar-refractivity contribution in [3.05, 3.63) is 187 Å². The number of benzene rings is 6. The van der Waals surface area contributed by atoms with Gasteiger partial charge in [-0.1, -0.05) is 164 Å². The van der Waals surface area contributed by atoms with Gasteiger partial charge in [0.1, 0.15) is 11.9 Å². The number of nitrogens with zero attached hydrogens (tertiary/aromatic N) is 3. The predicted octanol–water partition coefficient (Wildman–Crippen LogP) is 10.7. The van der Waals surface area contributed by atoms with Crippen molar-refractivity contribution in [1.82, 2.24) is 15.0 Å². The molecular formula is C45H31N3O. The summed E-state index contributed by atoms with van der Waals surface area (Å²) in [6, 6.07) is 54.5. The van der Waals surface area contributed by atoms with Crippen LogP contribution in [0.25, 0.3) is 61.7 Å². The molecular weight excluding hydrogens is 599 g/mol. The molecule has 9 rings (SSSR count). The molecule has 0 N–H and O–H groups in total. The smallest absolute Gasteiger partial charge is 0.164 e. The molecule has 2 heterocycles. The first-order chi connectivity index (χ1) is 24.3. The number of ether oxygens (including phenoxy) is 1.